The lowest BCUT2D eigenvalue weighted by Gasteiger charge is -2.18. The second-order valence-electron chi connectivity index (χ2n) is 5.44. The maximum Gasteiger partial charge on any atom is 0.418 e. The fraction of sp³-hybridized carbons (Fsp3) is 0.278. The summed E-state index contributed by atoms with van der Waals surface area (Å²) in [6.07, 6.45) is -2.08. The fourth-order valence-electron chi connectivity index (χ4n) is 2.41. The number of nitrogens with one attached hydrogen (secondary N) is 1. The van der Waals surface area contributed by atoms with E-state index in [1.165, 1.54) is 36.7 Å². The molecule has 0 atom stereocenters. The predicted molar refractivity (Wildman–Crippen MR) is 90.9 cm³/mol. The molecule has 2 rings (SSSR count). The number of amides is 2. The summed E-state index contributed by atoms with van der Waals surface area (Å²) in [6.45, 7) is 4.62. The molecule has 26 heavy (non-hydrogen) atoms. The number of anilines is 1. The van der Waals surface area contributed by atoms with Gasteiger partial charge in [-0.25, -0.2) is 0 Å². The molecule has 5 nitrogen and oxygen atoms in total. The average Bonchev–Trinajstić information content (AvgIpc) is 2.62. The van der Waals surface area contributed by atoms with Crippen LogP contribution in [-0.4, -0.2) is 34.8 Å². The van der Waals surface area contributed by atoms with Gasteiger partial charge in [0, 0.05) is 25.5 Å². The number of para-hydroxylation sites is 1. The lowest BCUT2D eigenvalue weighted by Crippen LogP contribution is -2.30. The zero-order valence-corrected chi connectivity index (χ0v) is 14.3. The zero-order valence-electron chi connectivity index (χ0n) is 14.3. The van der Waals surface area contributed by atoms with Crippen LogP contribution in [0.15, 0.2) is 42.7 Å². The number of nitrogens with zero attached hydrogens (tertiary/aromatic N) is 2. The summed E-state index contributed by atoms with van der Waals surface area (Å²) in [5.41, 5.74) is -1.10. The van der Waals surface area contributed by atoms with E-state index in [1.54, 1.807) is 4.90 Å². The van der Waals surface area contributed by atoms with Crippen LogP contribution in [0.1, 0.15) is 40.1 Å². The van der Waals surface area contributed by atoms with Crippen molar-refractivity contribution in [1.29, 1.82) is 0 Å². The zero-order chi connectivity index (χ0) is 19.3. The summed E-state index contributed by atoms with van der Waals surface area (Å²) in [4.78, 5) is 30.1. The fourth-order valence-corrected chi connectivity index (χ4v) is 2.41. The van der Waals surface area contributed by atoms with Gasteiger partial charge in [0.2, 0.25) is 0 Å². The minimum absolute atomic E-state index is 0.0000151. The van der Waals surface area contributed by atoms with Gasteiger partial charge in [-0.3, -0.25) is 14.6 Å². The van der Waals surface area contributed by atoms with E-state index in [1.807, 2.05) is 13.8 Å². The van der Waals surface area contributed by atoms with Crippen molar-refractivity contribution in [3.05, 3.63) is 59.4 Å². The monoisotopic (exact) mass is 365 g/mol. The number of hydrogen-bond donors (Lipinski definition) is 1. The number of pyridine rings is 1. The standard InChI is InChI=1S/C18H18F3N3O2/c1-3-24(4-2)17(26)13-9-12(10-22-11-13)16(25)23-15-8-6-5-7-14(15)18(19,20)21/h5-11H,3-4H2,1-2H3,(H,23,25). The third kappa shape index (κ3) is 4.38. The Morgan fingerprint density at radius 3 is 2.31 bits per heavy atom. The van der Waals surface area contributed by atoms with Crippen molar-refractivity contribution < 1.29 is 22.8 Å². The molecule has 1 heterocycles. The van der Waals surface area contributed by atoms with Gasteiger partial charge < -0.3 is 10.2 Å². The number of aromatic nitrogens is 1. The molecule has 0 spiro atoms. The van der Waals surface area contributed by atoms with E-state index >= 15 is 0 Å². The highest BCUT2D eigenvalue weighted by Gasteiger charge is 2.33. The highest BCUT2D eigenvalue weighted by molar-refractivity contribution is 6.06. The smallest absolute Gasteiger partial charge is 0.339 e. The molecule has 8 heteroatoms. The third-order valence-electron chi connectivity index (χ3n) is 3.78. The molecule has 0 saturated heterocycles. The van der Waals surface area contributed by atoms with Crippen LogP contribution < -0.4 is 5.32 Å². The molecule has 1 N–H and O–H groups in total. The molecule has 0 aliphatic carbocycles. The Labute approximate surface area is 148 Å². The minimum atomic E-state index is -4.59. The molecule has 0 saturated carbocycles. The number of halogens is 3. The maximum absolute atomic E-state index is 13.0. The molecular weight excluding hydrogens is 347 g/mol. The van der Waals surface area contributed by atoms with Crippen molar-refractivity contribution in [2.45, 2.75) is 20.0 Å². The third-order valence-corrected chi connectivity index (χ3v) is 3.78. The Balaban J connectivity index is 2.27. The summed E-state index contributed by atoms with van der Waals surface area (Å²) in [6, 6.07) is 6.00. The Morgan fingerprint density at radius 1 is 1.08 bits per heavy atom. The lowest BCUT2D eigenvalue weighted by molar-refractivity contribution is -0.136. The maximum atomic E-state index is 13.0. The molecular formula is C18H18F3N3O2. The predicted octanol–water partition coefficient (Wildman–Crippen LogP) is 3.83. The normalized spacial score (nSPS) is 11.1. The number of alkyl halides is 3. The Kier molecular flexibility index (Phi) is 5.97. The van der Waals surface area contributed by atoms with Crippen LogP contribution in [0.3, 0.4) is 0 Å². The number of benzene rings is 1. The molecule has 1 aromatic carbocycles. The summed E-state index contributed by atoms with van der Waals surface area (Å²) in [5, 5.41) is 2.23. The molecule has 1 aromatic heterocycles. The van der Waals surface area contributed by atoms with E-state index in [2.05, 4.69) is 10.3 Å². The SMILES string of the molecule is CCN(CC)C(=O)c1cncc(C(=O)Nc2ccccc2C(F)(F)F)c1. The van der Waals surface area contributed by atoms with Crippen molar-refractivity contribution in [3.8, 4) is 0 Å². The van der Waals surface area contributed by atoms with Crippen molar-refractivity contribution in [2.75, 3.05) is 18.4 Å². The van der Waals surface area contributed by atoms with Crippen LogP contribution in [-0.2, 0) is 6.18 Å². The van der Waals surface area contributed by atoms with Gasteiger partial charge in [-0.1, -0.05) is 12.1 Å². The van der Waals surface area contributed by atoms with Gasteiger partial charge in [-0.05, 0) is 32.0 Å². The largest absolute Gasteiger partial charge is 0.418 e. The van der Waals surface area contributed by atoms with Crippen LogP contribution >= 0.6 is 0 Å². The lowest BCUT2D eigenvalue weighted by atomic mass is 10.1. The summed E-state index contributed by atoms with van der Waals surface area (Å²) < 4.78 is 39.1. The van der Waals surface area contributed by atoms with E-state index in [-0.39, 0.29) is 22.7 Å². The Morgan fingerprint density at radius 2 is 1.69 bits per heavy atom. The topological polar surface area (TPSA) is 62.3 Å². The van der Waals surface area contributed by atoms with Crippen LogP contribution in [0.25, 0.3) is 0 Å². The van der Waals surface area contributed by atoms with Gasteiger partial charge in [-0.15, -0.1) is 0 Å². The molecule has 0 aliphatic rings. The second kappa shape index (κ2) is 7.99. The first-order chi connectivity index (χ1) is 12.3. The van der Waals surface area contributed by atoms with Gasteiger partial charge >= 0.3 is 6.18 Å². The second-order valence-corrected chi connectivity index (χ2v) is 5.44. The molecule has 0 unspecified atom stereocenters. The minimum Gasteiger partial charge on any atom is -0.339 e. The summed E-state index contributed by atoms with van der Waals surface area (Å²) in [5.74, 6) is -1.07. The van der Waals surface area contributed by atoms with E-state index in [9.17, 15) is 22.8 Å². The average molecular weight is 365 g/mol. The van der Waals surface area contributed by atoms with Gasteiger partial charge in [0.1, 0.15) is 0 Å². The van der Waals surface area contributed by atoms with Gasteiger partial charge in [0.25, 0.3) is 11.8 Å². The van der Waals surface area contributed by atoms with E-state index < -0.39 is 17.6 Å². The highest BCUT2D eigenvalue weighted by Crippen LogP contribution is 2.34. The van der Waals surface area contributed by atoms with E-state index in [4.69, 9.17) is 0 Å². The number of hydrogen-bond acceptors (Lipinski definition) is 3. The number of rotatable bonds is 5. The first-order valence-electron chi connectivity index (χ1n) is 7.99. The van der Waals surface area contributed by atoms with Crippen LogP contribution in [0.2, 0.25) is 0 Å². The highest BCUT2D eigenvalue weighted by atomic mass is 19.4. The van der Waals surface area contributed by atoms with Gasteiger partial charge in [0.15, 0.2) is 0 Å². The van der Waals surface area contributed by atoms with E-state index in [0.29, 0.717) is 13.1 Å². The van der Waals surface area contributed by atoms with Crippen molar-refractivity contribution in [3.63, 3.8) is 0 Å². The first kappa shape index (κ1) is 19.4. The Bertz CT molecular complexity index is 802. The van der Waals surface area contributed by atoms with Crippen LogP contribution in [0.5, 0.6) is 0 Å². The molecule has 0 aliphatic heterocycles. The van der Waals surface area contributed by atoms with Crippen molar-refractivity contribution >= 4 is 17.5 Å². The molecule has 0 radical (unpaired) electrons. The summed E-state index contributed by atoms with van der Waals surface area (Å²) in [7, 11) is 0. The molecule has 0 bridgehead atoms. The van der Waals surface area contributed by atoms with Crippen molar-refractivity contribution in [2.24, 2.45) is 0 Å². The van der Waals surface area contributed by atoms with Crippen LogP contribution in [0.4, 0.5) is 18.9 Å². The van der Waals surface area contributed by atoms with Crippen LogP contribution in [0, 0.1) is 0 Å². The molecule has 2 amide bonds. The number of carbonyl (C=O) groups excluding carboxylic acids is 2. The molecule has 2 aromatic rings. The van der Waals surface area contributed by atoms with Crippen molar-refractivity contribution in [1.82, 2.24) is 9.88 Å². The first-order valence-corrected chi connectivity index (χ1v) is 7.99. The van der Waals surface area contributed by atoms with Gasteiger partial charge in [-0.2, -0.15) is 13.2 Å². The van der Waals surface area contributed by atoms with E-state index in [0.717, 1.165) is 6.07 Å². The number of carbonyl (C=O) groups is 2. The molecule has 0 fully saturated rings. The summed E-state index contributed by atoms with van der Waals surface area (Å²) >= 11 is 0. The molecule has 138 valence electrons. The van der Waals surface area contributed by atoms with Gasteiger partial charge in [0.05, 0.1) is 22.4 Å². The quantitative estimate of drug-likeness (QED) is 0.876. The Hall–Kier alpha value is -2.90.